The van der Waals surface area contributed by atoms with E-state index in [1.54, 1.807) is 6.20 Å². The number of phosphoric ester groups is 1. The zero-order chi connectivity index (χ0) is 24.7. The summed E-state index contributed by atoms with van der Waals surface area (Å²) < 4.78 is 23.5. The fourth-order valence-electron chi connectivity index (χ4n) is 3.85. The molecule has 1 fully saturated rings. The quantitative estimate of drug-likeness (QED) is 0.227. The number of phosphoric acid groups is 1. The fraction of sp³-hybridized carbons (Fsp3) is 0.700. The van der Waals surface area contributed by atoms with Crippen LogP contribution in [0.5, 0.6) is 0 Å². The first-order chi connectivity index (χ1) is 16.2. The highest BCUT2D eigenvalue weighted by Crippen LogP contribution is 2.38. The Bertz CT molecular complexity index is 1090. The van der Waals surface area contributed by atoms with Crippen molar-refractivity contribution >= 4 is 7.82 Å². The summed E-state index contributed by atoms with van der Waals surface area (Å²) in [6.07, 6.45) is 7.82. The highest BCUT2D eigenvalue weighted by molar-refractivity contribution is 7.46. The average molecular weight is 501 g/mol. The van der Waals surface area contributed by atoms with Crippen molar-refractivity contribution < 1.29 is 28.7 Å². The van der Waals surface area contributed by atoms with Gasteiger partial charge in [0.2, 0.25) is 0 Å². The molecule has 190 valence electrons. The summed E-state index contributed by atoms with van der Waals surface area (Å²) in [6, 6.07) is 0. The molecule has 0 radical (unpaired) electrons. The molecule has 34 heavy (non-hydrogen) atoms. The van der Waals surface area contributed by atoms with Crippen LogP contribution in [0.25, 0.3) is 0 Å². The number of aromatic amines is 1. The molecule has 3 atom stereocenters. The average Bonchev–Trinajstić information content (AvgIpc) is 3.36. The molecule has 3 heterocycles. The van der Waals surface area contributed by atoms with Gasteiger partial charge in [-0.3, -0.25) is 18.9 Å². The van der Waals surface area contributed by atoms with Crippen molar-refractivity contribution in [1.29, 1.82) is 0 Å². The van der Waals surface area contributed by atoms with Gasteiger partial charge in [0.15, 0.2) is 0 Å². The largest absolute Gasteiger partial charge is 0.469 e. The van der Waals surface area contributed by atoms with Crippen LogP contribution in [0.15, 0.2) is 22.0 Å². The van der Waals surface area contributed by atoms with Crippen LogP contribution in [-0.4, -0.2) is 58.3 Å². The number of aryl methyl sites for hydroxylation is 1. The number of nitrogens with one attached hydrogen (secondary N) is 1. The Labute approximate surface area is 196 Å². The second-order valence-corrected chi connectivity index (χ2v) is 9.70. The topological polar surface area (TPSA) is 182 Å². The lowest BCUT2D eigenvalue weighted by atomic mass is 10.1. The molecule has 4 N–H and O–H groups in total. The van der Waals surface area contributed by atoms with E-state index in [0.29, 0.717) is 0 Å². The SMILES string of the molecule is CCCCCCCCc1cn(Cc2cn([C@H]3C[C@H](O)[C@@H](COP(=O)(O)O)O3)c(=O)[nH]c2=O)nn1. The van der Waals surface area contributed by atoms with Crippen LogP contribution in [0.3, 0.4) is 0 Å². The Morgan fingerprint density at radius 1 is 1.21 bits per heavy atom. The summed E-state index contributed by atoms with van der Waals surface area (Å²) in [5, 5.41) is 18.4. The number of H-pyrrole nitrogens is 1. The number of aliphatic hydroxyl groups excluding tert-OH is 1. The summed E-state index contributed by atoms with van der Waals surface area (Å²) in [4.78, 5) is 44.6. The molecule has 0 bridgehead atoms. The minimum absolute atomic E-state index is 0.0215. The minimum Gasteiger partial charge on any atom is -0.390 e. The Balaban J connectivity index is 1.62. The van der Waals surface area contributed by atoms with Crippen molar-refractivity contribution in [3.05, 3.63) is 44.5 Å². The second kappa shape index (κ2) is 12.0. The van der Waals surface area contributed by atoms with Gasteiger partial charge in [0.25, 0.3) is 5.56 Å². The van der Waals surface area contributed by atoms with Gasteiger partial charge in [0, 0.05) is 18.8 Å². The lowest BCUT2D eigenvalue weighted by Crippen LogP contribution is -2.35. The molecule has 0 spiro atoms. The lowest BCUT2D eigenvalue weighted by Gasteiger charge is -2.17. The first-order valence-corrected chi connectivity index (χ1v) is 13.0. The molecule has 14 heteroatoms. The molecular weight excluding hydrogens is 469 g/mol. The standard InChI is InChI=1S/C20H32N5O8P/c1-2-3-4-5-6-7-8-15-12-24(23-22-15)10-14-11-25(20(28)21-19(14)27)18-9-16(26)17(33-18)13-32-34(29,30)31/h11-12,16-18,26H,2-10,13H2,1H3,(H,21,27,28)(H2,29,30,31)/t16-,17+,18+/m0/s1. The monoisotopic (exact) mass is 501 g/mol. The molecule has 1 saturated heterocycles. The molecule has 2 aromatic rings. The highest BCUT2D eigenvalue weighted by Gasteiger charge is 2.37. The van der Waals surface area contributed by atoms with Gasteiger partial charge in [-0.25, -0.2) is 14.0 Å². The number of aromatic nitrogens is 5. The van der Waals surface area contributed by atoms with Gasteiger partial charge >= 0.3 is 13.5 Å². The Morgan fingerprint density at radius 3 is 2.68 bits per heavy atom. The molecule has 0 amide bonds. The van der Waals surface area contributed by atoms with Crippen LogP contribution >= 0.6 is 7.82 Å². The maximum Gasteiger partial charge on any atom is 0.469 e. The van der Waals surface area contributed by atoms with E-state index < -0.39 is 44.1 Å². The molecule has 1 aliphatic heterocycles. The molecule has 0 aliphatic carbocycles. The van der Waals surface area contributed by atoms with Gasteiger partial charge in [-0.15, -0.1) is 5.10 Å². The first kappa shape index (κ1) is 26.5. The van der Waals surface area contributed by atoms with Gasteiger partial charge in [0.05, 0.1) is 30.5 Å². The molecule has 13 nitrogen and oxygen atoms in total. The zero-order valence-electron chi connectivity index (χ0n) is 19.1. The molecular formula is C20H32N5O8P. The van der Waals surface area contributed by atoms with E-state index in [9.17, 15) is 19.3 Å². The van der Waals surface area contributed by atoms with Crippen LogP contribution in [-0.2, 0) is 26.8 Å². The van der Waals surface area contributed by atoms with Crippen LogP contribution < -0.4 is 11.2 Å². The molecule has 0 unspecified atom stereocenters. The Kier molecular flexibility index (Phi) is 9.34. The summed E-state index contributed by atoms with van der Waals surface area (Å²) in [5.74, 6) is 0. The highest BCUT2D eigenvalue weighted by atomic mass is 31.2. The third-order valence-electron chi connectivity index (χ3n) is 5.67. The predicted molar refractivity (Wildman–Crippen MR) is 120 cm³/mol. The van der Waals surface area contributed by atoms with Crippen LogP contribution in [0.1, 0.15) is 69.4 Å². The number of unbranched alkanes of at least 4 members (excludes halogenated alkanes) is 5. The van der Waals surface area contributed by atoms with Gasteiger partial charge in [-0.2, -0.15) is 0 Å². The van der Waals surface area contributed by atoms with Crippen molar-refractivity contribution in [2.75, 3.05) is 6.61 Å². The summed E-state index contributed by atoms with van der Waals surface area (Å²) in [5.41, 5.74) is -0.238. The predicted octanol–water partition coefficient (Wildman–Crippen LogP) is 0.837. The van der Waals surface area contributed by atoms with E-state index in [2.05, 4.69) is 26.7 Å². The van der Waals surface area contributed by atoms with Crippen molar-refractivity contribution in [2.45, 2.75) is 83.3 Å². The van der Waals surface area contributed by atoms with E-state index in [4.69, 9.17) is 14.5 Å². The van der Waals surface area contributed by atoms with Gasteiger partial charge in [0.1, 0.15) is 12.3 Å². The second-order valence-electron chi connectivity index (χ2n) is 8.46. The summed E-state index contributed by atoms with van der Waals surface area (Å²) in [7, 11) is -4.73. The summed E-state index contributed by atoms with van der Waals surface area (Å²) >= 11 is 0. The van der Waals surface area contributed by atoms with E-state index in [1.807, 2.05) is 0 Å². The van der Waals surface area contributed by atoms with Gasteiger partial charge in [-0.1, -0.05) is 44.2 Å². The fourth-order valence-corrected chi connectivity index (χ4v) is 4.19. The Hall–Kier alpha value is -2.15. The number of ether oxygens (including phenoxy) is 1. The van der Waals surface area contributed by atoms with Crippen molar-refractivity contribution in [2.24, 2.45) is 0 Å². The van der Waals surface area contributed by atoms with Crippen molar-refractivity contribution in [3.8, 4) is 0 Å². The number of hydrogen-bond donors (Lipinski definition) is 4. The van der Waals surface area contributed by atoms with Gasteiger partial charge < -0.3 is 19.6 Å². The third-order valence-corrected chi connectivity index (χ3v) is 6.15. The van der Waals surface area contributed by atoms with E-state index >= 15 is 0 Å². The Morgan fingerprint density at radius 2 is 1.94 bits per heavy atom. The smallest absolute Gasteiger partial charge is 0.390 e. The third kappa shape index (κ3) is 7.69. The van der Waals surface area contributed by atoms with Crippen molar-refractivity contribution in [3.63, 3.8) is 0 Å². The van der Waals surface area contributed by atoms with E-state index in [1.165, 1.54) is 36.6 Å². The van der Waals surface area contributed by atoms with Crippen molar-refractivity contribution in [1.82, 2.24) is 24.5 Å². The molecule has 3 rings (SSSR count). The number of hydrogen-bond acceptors (Lipinski definition) is 8. The van der Waals surface area contributed by atoms with Crippen LogP contribution in [0.4, 0.5) is 0 Å². The molecule has 1 aliphatic rings. The zero-order valence-corrected chi connectivity index (χ0v) is 20.0. The lowest BCUT2D eigenvalue weighted by molar-refractivity contribution is -0.0451. The minimum atomic E-state index is -4.73. The number of aliphatic hydroxyl groups is 1. The number of nitrogens with zero attached hydrogens (tertiary/aromatic N) is 4. The van der Waals surface area contributed by atoms with Gasteiger partial charge in [-0.05, 0) is 12.8 Å². The maximum absolute atomic E-state index is 12.3. The summed E-state index contributed by atoms with van der Waals surface area (Å²) in [6.45, 7) is 1.72. The molecule has 0 saturated carbocycles. The van der Waals surface area contributed by atoms with E-state index in [-0.39, 0.29) is 18.5 Å². The number of rotatable bonds is 13. The van der Waals surface area contributed by atoms with Crippen LogP contribution in [0.2, 0.25) is 0 Å². The van der Waals surface area contributed by atoms with Crippen LogP contribution in [0, 0.1) is 0 Å². The molecule has 0 aromatic carbocycles. The molecule has 2 aromatic heterocycles. The first-order valence-electron chi connectivity index (χ1n) is 11.4. The normalized spacial score (nSPS) is 20.8. The maximum atomic E-state index is 12.3. The van der Waals surface area contributed by atoms with E-state index in [0.717, 1.165) is 29.5 Å².